The molecular formula is C26H20N4O3. The second-order valence-corrected chi connectivity index (χ2v) is 7.63. The summed E-state index contributed by atoms with van der Waals surface area (Å²) < 4.78 is 5.63. The van der Waals surface area contributed by atoms with Crippen LogP contribution in [-0.4, -0.2) is 23.4 Å². The van der Waals surface area contributed by atoms with Gasteiger partial charge in [-0.3, -0.25) is 14.6 Å². The first-order chi connectivity index (χ1) is 16.0. The van der Waals surface area contributed by atoms with Crippen molar-refractivity contribution in [1.29, 1.82) is 0 Å². The highest BCUT2D eigenvalue weighted by Crippen LogP contribution is 2.32. The first kappa shape index (κ1) is 20.3. The fourth-order valence-corrected chi connectivity index (χ4v) is 3.57. The number of carbonyl (C=O) groups excluding carboxylic acids is 2. The fraction of sp³-hybridized carbons (Fsp3) is 0.0385. The number of nitrogens with zero attached hydrogens (tertiary/aromatic N) is 1. The molecule has 33 heavy (non-hydrogen) atoms. The number of nitrogens with one attached hydrogen (secondary N) is 3. The zero-order valence-electron chi connectivity index (χ0n) is 17.6. The number of benzene rings is 3. The summed E-state index contributed by atoms with van der Waals surface area (Å²) in [5.41, 5.74) is 4.32. The number of rotatable bonds is 4. The summed E-state index contributed by atoms with van der Waals surface area (Å²) in [5, 5.41) is 9.84. The van der Waals surface area contributed by atoms with Crippen molar-refractivity contribution in [2.45, 2.75) is 0 Å². The van der Waals surface area contributed by atoms with Crippen molar-refractivity contribution in [3.63, 3.8) is 0 Å². The molecule has 162 valence electrons. The van der Waals surface area contributed by atoms with Gasteiger partial charge in [0.2, 0.25) is 0 Å². The van der Waals surface area contributed by atoms with E-state index in [1.807, 2.05) is 36.4 Å². The van der Waals surface area contributed by atoms with Crippen LogP contribution in [0, 0.1) is 0 Å². The third-order valence-electron chi connectivity index (χ3n) is 5.20. The Morgan fingerprint density at radius 2 is 1.61 bits per heavy atom. The average Bonchev–Trinajstić information content (AvgIpc) is 2.84. The zero-order valence-corrected chi connectivity index (χ0v) is 17.6. The molecule has 0 aliphatic carbocycles. The molecule has 0 atom stereocenters. The highest BCUT2D eigenvalue weighted by atomic mass is 16.5. The molecule has 0 spiro atoms. The third-order valence-corrected chi connectivity index (χ3v) is 5.20. The van der Waals surface area contributed by atoms with Crippen LogP contribution in [0.4, 0.5) is 17.1 Å². The maximum atomic E-state index is 12.8. The van der Waals surface area contributed by atoms with E-state index in [2.05, 4.69) is 27.5 Å². The lowest BCUT2D eigenvalue weighted by Crippen LogP contribution is -2.17. The molecule has 2 amide bonds. The molecule has 7 heteroatoms. The molecule has 1 aromatic heterocycles. The molecule has 3 N–H and O–H groups in total. The molecule has 0 saturated carbocycles. The Kier molecular flexibility index (Phi) is 5.20. The Labute approximate surface area is 190 Å². The molecule has 0 bridgehead atoms. The van der Waals surface area contributed by atoms with Gasteiger partial charge in [0, 0.05) is 45.8 Å². The lowest BCUT2D eigenvalue weighted by Gasteiger charge is -2.21. The van der Waals surface area contributed by atoms with Gasteiger partial charge in [0.15, 0.2) is 0 Å². The van der Waals surface area contributed by atoms with E-state index >= 15 is 0 Å². The summed E-state index contributed by atoms with van der Waals surface area (Å²) in [4.78, 5) is 29.9. The van der Waals surface area contributed by atoms with Crippen molar-refractivity contribution in [1.82, 2.24) is 4.98 Å². The van der Waals surface area contributed by atoms with Gasteiger partial charge in [-0.25, -0.2) is 0 Å². The van der Waals surface area contributed by atoms with Crippen LogP contribution in [0.25, 0.3) is 10.9 Å². The monoisotopic (exact) mass is 436 g/mol. The molecule has 1 aliphatic heterocycles. The van der Waals surface area contributed by atoms with Crippen LogP contribution in [0.2, 0.25) is 0 Å². The van der Waals surface area contributed by atoms with Gasteiger partial charge in [-0.15, -0.1) is 0 Å². The van der Waals surface area contributed by atoms with Crippen LogP contribution in [0.3, 0.4) is 0 Å². The van der Waals surface area contributed by atoms with Crippen molar-refractivity contribution < 1.29 is 14.3 Å². The smallest absolute Gasteiger partial charge is 0.255 e. The second kappa shape index (κ2) is 8.47. The van der Waals surface area contributed by atoms with Crippen molar-refractivity contribution >= 4 is 39.8 Å². The molecular weight excluding hydrogens is 416 g/mol. The molecule has 0 radical (unpaired) electrons. The first-order valence-corrected chi connectivity index (χ1v) is 10.3. The topological polar surface area (TPSA) is 92.3 Å². The molecule has 0 unspecified atom stereocenters. The Hall–Kier alpha value is -4.65. The van der Waals surface area contributed by atoms with Crippen LogP contribution in [0.5, 0.6) is 5.75 Å². The highest BCUT2D eigenvalue weighted by molar-refractivity contribution is 6.09. The Morgan fingerprint density at radius 1 is 0.879 bits per heavy atom. The maximum Gasteiger partial charge on any atom is 0.255 e. The van der Waals surface area contributed by atoms with Gasteiger partial charge in [-0.1, -0.05) is 24.8 Å². The van der Waals surface area contributed by atoms with E-state index in [9.17, 15) is 9.59 Å². The number of amides is 2. The van der Waals surface area contributed by atoms with Gasteiger partial charge in [-0.05, 0) is 48.5 Å². The van der Waals surface area contributed by atoms with Crippen LogP contribution in [-0.2, 0) is 0 Å². The number of anilines is 3. The molecule has 7 nitrogen and oxygen atoms in total. The summed E-state index contributed by atoms with van der Waals surface area (Å²) >= 11 is 0. The van der Waals surface area contributed by atoms with E-state index in [4.69, 9.17) is 4.74 Å². The van der Waals surface area contributed by atoms with Gasteiger partial charge < -0.3 is 20.7 Å². The Bertz CT molecular complexity index is 1410. The highest BCUT2D eigenvalue weighted by Gasteiger charge is 2.15. The van der Waals surface area contributed by atoms with Crippen LogP contribution >= 0.6 is 0 Å². The SMILES string of the molecule is C=C1COc2cc(NC(=O)c3cccc(C(=O)Nc4ccc5cccnc5c4)c3)ccc2N1. The molecule has 3 aromatic carbocycles. The van der Waals surface area contributed by atoms with E-state index in [0.717, 1.165) is 22.3 Å². The number of aromatic nitrogens is 1. The van der Waals surface area contributed by atoms with E-state index in [0.29, 0.717) is 34.9 Å². The standard InChI is InChI=1S/C26H20N4O3/c1-16-15-33-24-14-21(9-10-22(24)28-16)30-26(32)19-5-2-4-18(12-19)25(31)29-20-8-7-17-6-3-11-27-23(17)13-20/h2-14,28H,1,15H2,(H,29,31)(H,30,32). The van der Waals surface area contributed by atoms with Crippen molar-refractivity contribution in [2.24, 2.45) is 0 Å². The van der Waals surface area contributed by atoms with Crippen LogP contribution < -0.4 is 20.7 Å². The van der Waals surface area contributed by atoms with E-state index in [1.165, 1.54) is 0 Å². The minimum atomic E-state index is -0.326. The fourth-order valence-electron chi connectivity index (χ4n) is 3.57. The number of hydrogen-bond donors (Lipinski definition) is 3. The van der Waals surface area contributed by atoms with E-state index in [1.54, 1.807) is 42.6 Å². The number of ether oxygens (including phenoxy) is 1. The summed E-state index contributed by atoms with van der Waals surface area (Å²) in [6.45, 7) is 4.21. The third kappa shape index (κ3) is 4.38. The molecule has 2 heterocycles. The normalized spacial score (nSPS) is 12.3. The zero-order chi connectivity index (χ0) is 22.8. The van der Waals surface area contributed by atoms with Gasteiger partial charge in [0.25, 0.3) is 11.8 Å². The number of fused-ring (bicyclic) bond motifs is 2. The molecule has 5 rings (SSSR count). The molecule has 0 fully saturated rings. The van der Waals surface area contributed by atoms with Crippen LogP contribution in [0.15, 0.2) is 91.3 Å². The van der Waals surface area contributed by atoms with Crippen molar-refractivity contribution in [3.05, 3.63) is 102 Å². The minimum absolute atomic E-state index is 0.312. The van der Waals surface area contributed by atoms with Crippen molar-refractivity contribution in [3.8, 4) is 5.75 Å². The number of carbonyl (C=O) groups is 2. The first-order valence-electron chi connectivity index (χ1n) is 10.3. The lowest BCUT2D eigenvalue weighted by atomic mass is 10.1. The quantitative estimate of drug-likeness (QED) is 0.416. The number of hydrogen-bond acceptors (Lipinski definition) is 5. The van der Waals surface area contributed by atoms with Gasteiger partial charge in [-0.2, -0.15) is 0 Å². The molecule has 4 aromatic rings. The predicted molar refractivity (Wildman–Crippen MR) is 129 cm³/mol. The van der Waals surface area contributed by atoms with E-state index in [-0.39, 0.29) is 11.8 Å². The Balaban J connectivity index is 1.30. The van der Waals surface area contributed by atoms with Gasteiger partial charge >= 0.3 is 0 Å². The molecule has 1 aliphatic rings. The summed E-state index contributed by atoms with van der Waals surface area (Å²) in [7, 11) is 0. The average molecular weight is 436 g/mol. The maximum absolute atomic E-state index is 12.8. The van der Waals surface area contributed by atoms with E-state index < -0.39 is 0 Å². The summed E-state index contributed by atoms with van der Waals surface area (Å²) in [5.74, 6) is -0.000646. The second-order valence-electron chi connectivity index (χ2n) is 7.63. The van der Waals surface area contributed by atoms with Crippen LogP contribution in [0.1, 0.15) is 20.7 Å². The Morgan fingerprint density at radius 3 is 2.39 bits per heavy atom. The number of pyridine rings is 1. The molecule has 0 saturated heterocycles. The minimum Gasteiger partial charge on any atom is -0.485 e. The summed E-state index contributed by atoms with van der Waals surface area (Å²) in [6.07, 6.45) is 1.71. The van der Waals surface area contributed by atoms with Gasteiger partial charge in [0.1, 0.15) is 12.4 Å². The summed E-state index contributed by atoms with van der Waals surface area (Å²) in [6, 6.07) is 21.2. The van der Waals surface area contributed by atoms with Crippen molar-refractivity contribution in [2.75, 3.05) is 22.6 Å². The predicted octanol–water partition coefficient (Wildman–Crippen LogP) is 5.06. The lowest BCUT2D eigenvalue weighted by molar-refractivity contribution is 0.102. The largest absolute Gasteiger partial charge is 0.485 e. The van der Waals surface area contributed by atoms with Gasteiger partial charge in [0.05, 0.1) is 11.2 Å².